The molecule has 1 aliphatic rings. The lowest BCUT2D eigenvalue weighted by Gasteiger charge is -2.14. The van der Waals surface area contributed by atoms with E-state index in [0.717, 1.165) is 0 Å². The fourth-order valence-corrected chi connectivity index (χ4v) is 3.89. The molecule has 1 aliphatic carbocycles. The van der Waals surface area contributed by atoms with E-state index in [2.05, 4.69) is 52.0 Å². The minimum Gasteiger partial charge on any atom is -0.300 e. The van der Waals surface area contributed by atoms with Crippen molar-refractivity contribution in [3.05, 3.63) is 106 Å². The molecule has 29 heavy (non-hydrogen) atoms. The van der Waals surface area contributed by atoms with Gasteiger partial charge in [-0.15, -0.1) is 5.10 Å². The predicted octanol–water partition coefficient (Wildman–Crippen LogP) is 4.04. The summed E-state index contributed by atoms with van der Waals surface area (Å²) >= 11 is 0. The van der Waals surface area contributed by atoms with Crippen LogP contribution in [0.25, 0.3) is 16.8 Å². The molecule has 0 radical (unpaired) electrons. The summed E-state index contributed by atoms with van der Waals surface area (Å²) in [6, 6.07) is 23.3. The Morgan fingerprint density at radius 1 is 0.931 bits per heavy atom. The van der Waals surface area contributed by atoms with Gasteiger partial charge in [-0.05, 0) is 28.3 Å². The third-order valence-electron chi connectivity index (χ3n) is 5.19. The van der Waals surface area contributed by atoms with Crippen LogP contribution in [-0.4, -0.2) is 19.9 Å². The molecule has 1 aromatic heterocycles. The van der Waals surface area contributed by atoms with E-state index in [1.807, 2.05) is 12.1 Å². The van der Waals surface area contributed by atoms with Crippen LogP contribution in [0.4, 0.5) is 5.69 Å². The number of nitrogens with one attached hydrogen (secondary N) is 1. The molecule has 5 rings (SSSR count). The highest BCUT2D eigenvalue weighted by Gasteiger charge is 2.27. The summed E-state index contributed by atoms with van der Waals surface area (Å²) < 4.78 is 1.45. The maximum atomic E-state index is 11.3. The summed E-state index contributed by atoms with van der Waals surface area (Å²) in [5.41, 5.74) is 6.06. The third-order valence-corrected chi connectivity index (χ3v) is 5.19. The largest absolute Gasteiger partial charge is 0.300 e. The average molecular weight is 383 g/mol. The van der Waals surface area contributed by atoms with Gasteiger partial charge in [0.2, 0.25) is 0 Å². The van der Waals surface area contributed by atoms with E-state index >= 15 is 0 Å². The molecule has 0 saturated heterocycles. The van der Waals surface area contributed by atoms with Gasteiger partial charge in [-0.2, -0.15) is 0 Å². The van der Waals surface area contributed by atoms with Crippen LogP contribution < -0.4 is 5.32 Å². The van der Waals surface area contributed by atoms with Gasteiger partial charge in [-0.1, -0.05) is 65.9 Å². The van der Waals surface area contributed by atoms with Crippen molar-refractivity contribution in [2.45, 2.75) is 12.6 Å². The number of hydrogen-bond acceptors (Lipinski definition) is 5. The molecule has 0 bridgehead atoms. The number of rotatable bonds is 5. The van der Waals surface area contributed by atoms with Crippen molar-refractivity contribution < 1.29 is 4.92 Å². The summed E-state index contributed by atoms with van der Waals surface area (Å²) in [7, 11) is 0. The lowest BCUT2D eigenvalue weighted by Crippen LogP contribution is -2.20. The molecular weight excluding hydrogens is 366 g/mol. The lowest BCUT2D eigenvalue weighted by molar-refractivity contribution is -0.384. The first-order valence-corrected chi connectivity index (χ1v) is 9.29. The Morgan fingerprint density at radius 3 is 2.24 bits per heavy atom. The van der Waals surface area contributed by atoms with Gasteiger partial charge in [0, 0.05) is 12.6 Å². The Morgan fingerprint density at radius 2 is 1.55 bits per heavy atom. The second kappa shape index (κ2) is 6.96. The molecule has 7 nitrogen and oxygen atoms in total. The van der Waals surface area contributed by atoms with Crippen molar-refractivity contribution >= 4 is 5.69 Å². The SMILES string of the molecule is O=[N+]([O-])c1ccccc1-n1cc(CNC2c3ccccc3-c3ccccc32)nn1. The average Bonchev–Trinajstić information content (AvgIpc) is 3.35. The number of fused-ring (bicyclic) bond motifs is 3. The molecule has 0 amide bonds. The molecule has 142 valence electrons. The minimum atomic E-state index is -0.415. The number of aromatic nitrogens is 3. The van der Waals surface area contributed by atoms with E-state index in [0.29, 0.717) is 17.9 Å². The smallest absolute Gasteiger partial charge is 0.294 e. The van der Waals surface area contributed by atoms with Crippen molar-refractivity contribution in [3.63, 3.8) is 0 Å². The molecule has 0 saturated carbocycles. The van der Waals surface area contributed by atoms with Crippen LogP contribution in [0.3, 0.4) is 0 Å². The molecule has 0 fully saturated rings. The van der Waals surface area contributed by atoms with Crippen LogP contribution in [-0.2, 0) is 6.54 Å². The summed E-state index contributed by atoms with van der Waals surface area (Å²) in [6.07, 6.45) is 1.72. The van der Waals surface area contributed by atoms with E-state index in [1.54, 1.807) is 24.4 Å². The van der Waals surface area contributed by atoms with Crippen LogP contribution in [0.5, 0.6) is 0 Å². The van der Waals surface area contributed by atoms with Gasteiger partial charge in [0.05, 0.1) is 22.9 Å². The first-order valence-electron chi connectivity index (χ1n) is 9.29. The number of nitro groups is 1. The van der Waals surface area contributed by atoms with Crippen molar-refractivity contribution in [2.24, 2.45) is 0 Å². The Balaban J connectivity index is 1.41. The lowest BCUT2D eigenvalue weighted by atomic mass is 10.1. The topological polar surface area (TPSA) is 85.9 Å². The van der Waals surface area contributed by atoms with Gasteiger partial charge in [-0.3, -0.25) is 10.1 Å². The first kappa shape index (κ1) is 17.3. The standard InChI is InChI=1S/C22H17N5O2/c28-27(29)21-12-6-5-11-20(21)26-14-15(24-25-26)13-23-22-18-9-3-1-7-16(18)17-8-2-4-10-19(17)22/h1-12,14,22-23H,13H2. The van der Waals surface area contributed by atoms with Gasteiger partial charge in [0.25, 0.3) is 5.69 Å². The zero-order valence-electron chi connectivity index (χ0n) is 15.4. The van der Waals surface area contributed by atoms with E-state index in [4.69, 9.17) is 0 Å². The first-order chi connectivity index (χ1) is 14.2. The second-order valence-electron chi connectivity index (χ2n) is 6.89. The molecule has 0 unspecified atom stereocenters. The van der Waals surface area contributed by atoms with Crippen molar-refractivity contribution in [2.75, 3.05) is 0 Å². The summed E-state index contributed by atoms with van der Waals surface area (Å²) in [6.45, 7) is 0.494. The monoisotopic (exact) mass is 383 g/mol. The van der Waals surface area contributed by atoms with Gasteiger partial charge in [0.15, 0.2) is 0 Å². The Kier molecular flexibility index (Phi) is 4.14. The molecule has 0 spiro atoms. The summed E-state index contributed by atoms with van der Waals surface area (Å²) in [5, 5.41) is 23.1. The highest BCUT2D eigenvalue weighted by Crippen LogP contribution is 2.43. The Hall–Kier alpha value is -3.84. The maximum absolute atomic E-state index is 11.3. The molecule has 1 heterocycles. The number of nitro benzene ring substituents is 1. The quantitative estimate of drug-likeness (QED) is 0.415. The van der Waals surface area contributed by atoms with Crippen LogP contribution in [0.2, 0.25) is 0 Å². The van der Waals surface area contributed by atoms with Crippen LogP contribution in [0.1, 0.15) is 22.9 Å². The molecule has 3 aromatic carbocycles. The normalized spacial score (nSPS) is 12.6. The minimum absolute atomic E-state index is 0.00411. The molecule has 4 aromatic rings. The third kappa shape index (κ3) is 2.97. The van der Waals surface area contributed by atoms with E-state index in [9.17, 15) is 10.1 Å². The molecule has 1 N–H and O–H groups in total. The maximum Gasteiger partial charge on any atom is 0.294 e. The van der Waals surface area contributed by atoms with E-state index in [-0.39, 0.29) is 11.7 Å². The zero-order chi connectivity index (χ0) is 19.8. The van der Waals surface area contributed by atoms with Crippen molar-refractivity contribution in [1.29, 1.82) is 0 Å². The fourth-order valence-electron chi connectivity index (χ4n) is 3.89. The van der Waals surface area contributed by atoms with E-state index < -0.39 is 4.92 Å². The molecular formula is C22H17N5O2. The van der Waals surface area contributed by atoms with Crippen molar-refractivity contribution in [3.8, 4) is 16.8 Å². The number of hydrogen-bond donors (Lipinski definition) is 1. The Bertz CT molecular complexity index is 1170. The van der Waals surface area contributed by atoms with Gasteiger partial charge >= 0.3 is 0 Å². The summed E-state index contributed by atoms with van der Waals surface area (Å²) in [4.78, 5) is 10.9. The van der Waals surface area contributed by atoms with Gasteiger partial charge in [0.1, 0.15) is 5.69 Å². The van der Waals surface area contributed by atoms with Gasteiger partial charge < -0.3 is 5.32 Å². The van der Waals surface area contributed by atoms with Crippen molar-refractivity contribution in [1.82, 2.24) is 20.3 Å². The van der Waals surface area contributed by atoms with Crippen LogP contribution in [0, 0.1) is 10.1 Å². The van der Waals surface area contributed by atoms with Crippen LogP contribution in [0.15, 0.2) is 79.0 Å². The zero-order valence-corrected chi connectivity index (χ0v) is 15.4. The van der Waals surface area contributed by atoms with E-state index in [1.165, 1.54) is 33.0 Å². The summed E-state index contributed by atoms with van der Waals surface area (Å²) in [5.74, 6) is 0. The number of para-hydroxylation sites is 2. The van der Waals surface area contributed by atoms with Gasteiger partial charge in [-0.25, -0.2) is 4.68 Å². The Labute approximate surface area is 166 Å². The fraction of sp³-hybridized carbons (Fsp3) is 0.0909. The molecule has 0 atom stereocenters. The molecule has 0 aliphatic heterocycles. The molecule has 7 heteroatoms. The highest BCUT2D eigenvalue weighted by molar-refractivity contribution is 5.78. The van der Waals surface area contributed by atoms with Crippen LogP contribution >= 0.6 is 0 Å². The number of benzene rings is 3. The number of nitrogens with zero attached hydrogens (tertiary/aromatic N) is 4. The highest BCUT2D eigenvalue weighted by atomic mass is 16.6. The predicted molar refractivity (Wildman–Crippen MR) is 109 cm³/mol. The second-order valence-corrected chi connectivity index (χ2v) is 6.89.